The summed E-state index contributed by atoms with van der Waals surface area (Å²) < 4.78 is 0. The molecule has 3 nitrogen and oxygen atoms in total. The monoisotopic (exact) mass is 228 g/mol. The third-order valence-corrected chi connectivity index (χ3v) is 3.92. The SMILES string of the molecule is CCCNC1CCC(N(C)C(C)CO)CC1. The first kappa shape index (κ1) is 13.9. The van der Waals surface area contributed by atoms with Gasteiger partial charge in [-0.1, -0.05) is 6.92 Å². The topological polar surface area (TPSA) is 35.5 Å². The molecule has 0 heterocycles. The summed E-state index contributed by atoms with van der Waals surface area (Å²) in [4.78, 5) is 2.34. The first-order chi connectivity index (χ1) is 7.69. The second-order valence-electron chi connectivity index (χ2n) is 5.16. The molecule has 1 aliphatic carbocycles. The molecule has 16 heavy (non-hydrogen) atoms. The van der Waals surface area contributed by atoms with Gasteiger partial charge in [0, 0.05) is 18.1 Å². The maximum absolute atomic E-state index is 9.15. The first-order valence-electron chi connectivity index (χ1n) is 6.75. The van der Waals surface area contributed by atoms with Crippen molar-refractivity contribution in [1.29, 1.82) is 0 Å². The number of hydrogen-bond donors (Lipinski definition) is 2. The highest BCUT2D eigenvalue weighted by Gasteiger charge is 2.25. The van der Waals surface area contributed by atoms with E-state index in [0.717, 1.165) is 12.6 Å². The molecule has 0 aliphatic heterocycles. The quantitative estimate of drug-likeness (QED) is 0.725. The van der Waals surface area contributed by atoms with Crippen LogP contribution >= 0.6 is 0 Å². The largest absolute Gasteiger partial charge is 0.395 e. The van der Waals surface area contributed by atoms with Gasteiger partial charge in [-0.3, -0.25) is 4.90 Å². The molecule has 1 fully saturated rings. The van der Waals surface area contributed by atoms with Gasteiger partial charge >= 0.3 is 0 Å². The summed E-state index contributed by atoms with van der Waals surface area (Å²) in [5.41, 5.74) is 0. The van der Waals surface area contributed by atoms with Crippen LogP contribution in [0, 0.1) is 0 Å². The van der Waals surface area contributed by atoms with Crippen LogP contribution in [0.25, 0.3) is 0 Å². The minimum Gasteiger partial charge on any atom is -0.395 e. The fraction of sp³-hybridized carbons (Fsp3) is 1.00. The van der Waals surface area contributed by atoms with Crippen molar-refractivity contribution in [2.75, 3.05) is 20.2 Å². The van der Waals surface area contributed by atoms with E-state index < -0.39 is 0 Å². The van der Waals surface area contributed by atoms with Gasteiger partial charge < -0.3 is 10.4 Å². The van der Waals surface area contributed by atoms with Crippen molar-refractivity contribution in [2.45, 2.75) is 64.1 Å². The van der Waals surface area contributed by atoms with Gasteiger partial charge in [0.1, 0.15) is 0 Å². The normalized spacial score (nSPS) is 28.3. The first-order valence-corrected chi connectivity index (χ1v) is 6.75. The Morgan fingerprint density at radius 2 is 1.94 bits per heavy atom. The van der Waals surface area contributed by atoms with Gasteiger partial charge in [-0.25, -0.2) is 0 Å². The Labute approximate surface area is 100 Å². The third kappa shape index (κ3) is 4.04. The summed E-state index contributed by atoms with van der Waals surface area (Å²) in [6.45, 7) is 5.74. The smallest absolute Gasteiger partial charge is 0.0584 e. The standard InChI is InChI=1S/C13H28N2O/c1-4-9-14-12-5-7-13(8-6-12)15(3)11(2)10-16/h11-14,16H,4-10H2,1-3H3. The predicted octanol–water partition coefficient (Wildman–Crippen LogP) is 1.61. The Bertz CT molecular complexity index is 179. The Hall–Kier alpha value is -0.120. The van der Waals surface area contributed by atoms with E-state index in [-0.39, 0.29) is 6.61 Å². The van der Waals surface area contributed by atoms with E-state index in [2.05, 4.69) is 31.1 Å². The van der Waals surface area contributed by atoms with E-state index in [4.69, 9.17) is 5.11 Å². The van der Waals surface area contributed by atoms with Crippen LogP contribution in [0.3, 0.4) is 0 Å². The van der Waals surface area contributed by atoms with E-state index >= 15 is 0 Å². The highest BCUT2D eigenvalue weighted by molar-refractivity contribution is 4.83. The summed E-state index contributed by atoms with van der Waals surface area (Å²) in [6, 6.07) is 1.70. The maximum Gasteiger partial charge on any atom is 0.0584 e. The molecule has 0 spiro atoms. The number of aliphatic hydroxyl groups excluding tert-OH is 1. The van der Waals surface area contributed by atoms with Crippen LogP contribution in [0.5, 0.6) is 0 Å². The van der Waals surface area contributed by atoms with Crippen molar-refractivity contribution in [3.05, 3.63) is 0 Å². The molecule has 0 aromatic carbocycles. The summed E-state index contributed by atoms with van der Waals surface area (Å²) >= 11 is 0. The molecule has 0 radical (unpaired) electrons. The van der Waals surface area contributed by atoms with Crippen molar-refractivity contribution >= 4 is 0 Å². The van der Waals surface area contributed by atoms with Crippen molar-refractivity contribution < 1.29 is 5.11 Å². The van der Waals surface area contributed by atoms with Crippen LogP contribution in [0.15, 0.2) is 0 Å². The zero-order valence-corrected chi connectivity index (χ0v) is 11.1. The van der Waals surface area contributed by atoms with Crippen LogP contribution in [-0.4, -0.2) is 48.3 Å². The van der Waals surface area contributed by atoms with Crippen LogP contribution < -0.4 is 5.32 Å². The zero-order chi connectivity index (χ0) is 12.0. The van der Waals surface area contributed by atoms with Crippen LogP contribution in [0.1, 0.15) is 46.0 Å². The lowest BCUT2D eigenvalue weighted by atomic mass is 9.89. The Kier molecular flexibility index (Phi) is 6.32. The van der Waals surface area contributed by atoms with Gasteiger partial charge in [0.2, 0.25) is 0 Å². The highest BCUT2D eigenvalue weighted by Crippen LogP contribution is 2.23. The number of likely N-dealkylation sites (N-methyl/N-ethyl adjacent to an activating group) is 1. The van der Waals surface area contributed by atoms with Crippen LogP contribution in [0.4, 0.5) is 0 Å². The molecule has 1 atom stereocenters. The average Bonchev–Trinajstić information content (AvgIpc) is 2.35. The van der Waals surface area contributed by atoms with E-state index in [1.807, 2.05) is 0 Å². The summed E-state index contributed by atoms with van der Waals surface area (Å²) in [7, 11) is 2.14. The van der Waals surface area contributed by atoms with E-state index in [0.29, 0.717) is 12.1 Å². The molecule has 0 amide bonds. The minimum atomic E-state index is 0.268. The number of rotatable bonds is 6. The lowest BCUT2D eigenvalue weighted by Crippen LogP contribution is -2.45. The van der Waals surface area contributed by atoms with E-state index in [9.17, 15) is 0 Å². The molecule has 0 aromatic heterocycles. The van der Waals surface area contributed by atoms with Gasteiger partial charge in [-0.15, -0.1) is 0 Å². The maximum atomic E-state index is 9.15. The summed E-state index contributed by atoms with van der Waals surface area (Å²) in [5.74, 6) is 0. The molecular weight excluding hydrogens is 200 g/mol. The van der Waals surface area contributed by atoms with Crippen molar-refractivity contribution in [2.24, 2.45) is 0 Å². The second kappa shape index (κ2) is 7.25. The molecule has 0 saturated heterocycles. The van der Waals surface area contributed by atoms with Gasteiger partial charge in [0.25, 0.3) is 0 Å². The lowest BCUT2D eigenvalue weighted by Gasteiger charge is -2.37. The predicted molar refractivity (Wildman–Crippen MR) is 68.6 cm³/mol. The molecule has 96 valence electrons. The molecule has 0 aromatic rings. The van der Waals surface area contributed by atoms with Crippen molar-refractivity contribution in [1.82, 2.24) is 10.2 Å². The molecule has 1 rings (SSSR count). The van der Waals surface area contributed by atoms with Crippen molar-refractivity contribution in [3.63, 3.8) is 0 Å². The van der Waals surface area contributed by atoms with Gasteiger partial charge in [-0.2, -0.15) is 0 Å². The number of nitrogens with one attached hydrogen (secondary N) is 1. The van der Waals surface area contributed by atoms with Gasteiger partial charge in [0.05, 0.1) is 6.61 Å². The molecule has 1 aliphatic rings. The molecule has 2 N–H and O–H groups in total. The van der Waals surface area contributed by atoms with Crippen molar-refractivity contribution in [3.8, 4) is 0 Å². The minimum absolute atomic E-state index is 0.268. The Morgan fingerprint density at radius 1 is 1.31 bits per heavy atom. The fourth-order valence-electron chi connectivity index (χ4n) is 2.52. The lowest BCUT2D eigenvalue weighted by molar-refractivity contribution is 0.0934. The van der Waals surface area contributed by atoms with Crippen LogP contribution in [0.2, 0.25) is 0 Å². The third-order valence-electron chi connectivity index (χ3n) is 3.92. The van der Waals surface area contributed by atoms with E-state index in [1.54, 1.807) is 0 Å². The number of nitrogens with zero attached hydrogens (tertiary/aromatic N) is 1. The number of aliphatic hydroxyl groups is 1. The van der Waals surface area contributed by atoms with Crippen LogP contribution in [-0.2, 0) is 0 Å². The molecule has 3 heteroatoms. The Balaban J connectivity index is 2.25. The average molecular weight is 228 g/mol. The summed E-state index contributed by atoms with van der Waals surface area (Å²) in [5, 5.41) is 12.8. The van der Waals surface area contributed by atoms with E-state index in [1.165, 1.54) is 32.1 Å². The molecular formula is C13H28N2O. The van der Waals surface area contributed by atoms with Gasteiger partial charge in [0.15, 0.2) is 0 Å². The second-order valence-corrected chi connectivity index (χ2v) is 5.16. The fourth-order valence-corrected chi connectivity index (χ4v) is 2.52. The summed E-state index contributed by atoms with van der Waals surface area (Å²) in [6.07, 6.45) is 6.33. The highest BCUT2D eigenvalue weighted by atomic mass is 16.3. The van der Waals surface area contributed by atoms with Gasteiger partial charge in [-0.05, 0) is 52.6 Å². The Morgan fingerprint density at radius 3 is 2.44 bits per heavy atom. The molecule has 0 bridgehead atoms. The molecule has 1 saturated carbocycles. The zero-order valence-electron chi connectivity index (χ0n) is 11.1. The number of hydrogen-bond acceptors (Lipinski definition) is 3. The molecule has 1 unspecified atom stereocenters.